The molecule has 0 aliphatic carbocycles. The zero-order chi connectivity index (χ0) is 36.4. The van der Waals surface area contributed by atoms with E-state index in [0.717, 1.165) is 6.07 Å². The molecule has 4 heterocycles. The summed E-state index contributed by atoms with van der Waals surface area (Å²) in [7, 11) is 1.49. The summed E-state index contributed by atoms with van der Waals surface area (Å²) in [5.74, 6) is -3.50. The number of anilines is 1. The van der Waals surface area contributed by atoms with Gasteiger partial charge in [-0.2, -0.15) is 0 Å². The number of methoxy groups -OCH3 is 1. The third-order valence-corrected chi connectivity index (χ3v) is 9.05. The Hall–Kier alpha value is -5.63. The number of aromatic nitrogens is 2. The second-order valence-electron chi connectivity index (χ2n) is 12.5. The molecule has 0 radical (unpaired) electrons. The number of rotatable bonds is 11. The first kappa shape index (κ1) is 34.8. The lowest BCUT2D eigenvalue weighted by Crippen LogP contribution is -2.40. The minimum atomic E-state index is -2.59. The molecule has 2 aliphatic heterocycles. The fraction of sp³-hybridized carbons (Fsp3) is 0.289. The van der Waals surface area contributed by atoms with Gasteiger partial charge in [-0.25, -0.2) is 17.6 Å². The molecule has 0 atom stereocenters. The second kappa shape index (κ2) is 14.5. The summed E-state index contributed by atoms with van der Waals surface area (Å²) >= 11 is 0. The SMILES string of the molecule is COc1cc2c(Oc3ccc(NC(=O)c4c5c(cn(-c6ccc(F)cc6)c4=O)CCO5)cc3F)ccnc2cc1OCCCN1CCC(F)(F)CC1. The maximum atomic E-state index is 15.5. The van der Waals surface area contributed by atoms with E-state index in [2.05, 4.69) is 10.3 Å². The third-order valence-electron chi connectivity index (χ3n) is 9.05. The fourth-order valence-electron chi connectivity index (χ4n) is 6.29. The van der Waals surface area contributed by atoms with Gasteiger partial charge in [0.15, 0.2) is 23.1 Å². The number of amides is 1. The molecular formula is C38H34F4N4O6. The molecule has 2 aromatic heterocycles. The Morgan fingerprint density at radius 2 is 1.77 bits per heavy atom. The van der Waals surface area contributed by atoms with Crippen LogP contribution in [0.15, 0.2) is 77.9 Å². The molecule has 0 saturated carbocycles. The number of hydrogen-bond acceptors (Lipinski definition) is 8. The Morgan fingerprint density at radius 1 is 0.981 bits per heavy atom. The van der Waals surface area contributed by atoms with Gasteiger partial charge in [0.05, 0.1) is 25.8 Å². The number of halogens is 4. The van der Waals surface area contributed by atoms with Crippen LogP contribution in [-0.2, 0) is 6.42 Å². The summed E-state index contributed by atoms with van der Waals surface area (Å²) in [5.41, 5.74) is 0.642. The van der Waals surface area contributed by atoms with E-state index in [1.807, 2.05) is 4.90 Å². The number of nitrogens with one attached hydrogen (secondary N) is 1. The number of piperidine rings is 1. The third kappa shape index (κ3) is 7.38. The van der Waals surface area contributed by atoms with Crippen molar-refractivity contribution in [1.29, 1.82) is 0 Å². The molecule has 10 nitrogen and oxygen atoms in total. The Labute approximate surface area is 295 Å². The highest BCUT2D eigenvalue weighted by Crippen LogP contribution is 2.38. The van der Waals surface area contributed by atoms with E-state index >= 15 is 4.39 Å². The Kier molecular flexibility index (Phi) is 9.73. The second-order valence-corrected chi connectivity index (χ2v) is 12.5. The molecule has 1 fully saturated rings. The molecule has 1 N–H and O–H groups in total. The van der Waals surface area contributed by atoms with Crippen LogP contribution in [0.5, 0.6) is 28.7 Å². The molecule has 270 valence electrons. The standard InChI is InChI=1S/C38H34F4N4O6/c1-49-32-20-27-29(21-33(32)50-17-2-14-45-15-11-38(41,42)12-16-45)43-13-9-30(27)52-31-8-5-25(19-28(31)40)44-36(47)34-35-23(10-18-51-35)22-46(37(34)48)26-6-3-24(39)4-7-26/h3-9,13,19-22H,2,10-12,14-18H2,1H3,(H,44,47). The Balaban J connectivity index is 1.05. The molecule has 7 rings (SSSR count). The lowest BCUT2D eigenvalue weighted by Gasteiger charge is -2.31. The number of benzene rings is 3. The number of carbonyl (C=O) groups excluding carboxylic acids is 1. The Bertz CT molecular complexity index is 2180. The highest BCUT2D eigenvalue weighted by molar-refractivity contribution is 6.06. The van der Waals surface area contributed by atoms with Gasteiger partial charge in [-0.1, -0.05) is 0 Å². The van der Waals surface area contributed by atoms with Crippen molar-refractivity contribution in [3.63, 3.8) is 0 Å². The smallest absolute Gasteiger partial charge is 0.271 e. The van der Waals surface area contributed by atoms with Crippen LogP contribution in [0.2, 0.25) is 0 Å². The zero-order valence-corrected chi connectivity index (χ0v) is 28.1. The minimum Gasteiger partial charge on any atom is -0.493 e. The summed E-state index contributed by atoms with van der Waals surface area (Å²) < 4.78 is 80.3. The Morgan fingerprint density at radius 3 is 2.52 bits per heavy atom. The number of nitrogens with zero attached hydrogens (tertiary/aromatic N) is 3. The monoisotopic (exact) mass is 718 g/mol. The van der Waals surface area contributed by atoms with E-state index in [1.165, 1.54) is 54.3 Å². The summed E-state index contributed by atoms with van der Waals surface area (Å²) in [5, 5.41) is 3.10. The molecular weight excluding hydrogens is 684 g/mol. The average molecular weight is 719 g/mol. The van der Waals surface area contributed by atoms with E-state index < -0.39 is 29.0 Å². The first-order valence-electron chi connectivity index (χ1n) is 16.7. The van der Waals surface area contributed by atoms with Crippen LogP contribution in [-0.4, -0.2) is 66.2 Å². The van der Waals surface area contributed by atoms with Gasteiger partial charge in [-0.3, -0.25) is 19.1 Å². The number of pyridine rings is 2. The van der Waals surface area contributed by atoms with E-state index in [0.29, 0.717) is 72.7 Å². The van der Waals surface area contributed by atoms with Crippen molar-refractivity contribution in [1.82, 2.24) is 14.5 Å². The summed E-state index contributed by atoms with van der Waals surface area (Å²) in [6.45, 7) is 1.95. The van der Waals surface area contributed by atoms with Crippen molar-refractivity contribution >= 4 is 22.5 Å². The molecule has 1 saturated heterocycles. The topological polar surface area (TPSA) is 104 Å². The normalized spacial score (nSPS) is 15.2. The number of likely N-dealkylation sites (tertiary alicyclic amines) is 1. The van der Waals surface area contributed by atoms with Gasteiger partial charge >= 0.3 is 0 Å². The van der Waals surface area contributed by atoms with Crippen LogP contribution >= 0.6 is 0 Å². The minimum absolute atomic E-state index is 0.0689. The van der Waals surface area contributed by atoms with Gasteiger partial charge in [-0.15, -0.1) is 0 Å². The quantitative estimate of drug-likeness (QED) is 0.114. The van der Waals surface area contributed by atoms with Crippen molar-refractivity contribution < 1.29 is 41.3 Å². The molecule has 5 aromatic rings. The van der Waals surface area contributed by atoms with Crippen molar-refractivity contribution in [3.05, 3.63) is 106 Å². The average Bonchev–Trinajstić information content (AvgIpc) is 3.60. The van der Waals surface area contributed by atoms with Crippen molar-refractivity contribution in [2.24, 2.45) is 0 Å². The molecule has 0 unspecified atom stereocenters. The van der Waals surface area contributed by atoms with Gasteiger partial charge < -0.3 is 29.2 Å². The highest BCUT2D eigenvalue weighted by atomic mass is 19.3. The van der Waals surface area contributed by atoms with Crippen LogP contribution in [0.4, 0.5) is 23.2 Å². The maximum absolute atomic E-state index is 15.5. The molecule has 52 heavy (non-hydrogen) atoms. The van der Waals surface area contributed by atoms with Crippen LogP contribution < -0.4 is 29.8 Å². The van der Waals surface area contributed by atoms with Gasteiger partial charge in [-0.05, 0) is 55.0 Å². The first-order valence-corrected chi connectivity index (χ1v) is 16.7. The largest absolute Gasteiger partial charge is 0.493 e. The first-order chi connectivity index (χ1) is 25.1. The predicted molar refractivity (Wildman–Crippen MR) is 185 cm³/mol. The molecule has 3 aromatic carbocycles. The number of fused-ring (bicyclic) bond motifs is 2. The molecule has 1 amide bonds. The van der Waals surface area contributed by atoms with Gasteiger partial charge in [0, 0.05) is 85.7 Å². The van der Waals surface area contributed by atoms with E-state index in [1.54, 1.807) is 24.4 Å². The number of ether oxygens (including phenoxy) is 4. The summed E-state index contributed by atoms with van der Waals surface area (Å²) in [6, 6.07) is 14.1. The molecule has 0 spiro atoms. The van der Waals surface area contributed by atoms with Crippen LogP contribution in [0.3, 0.4) is 0 Å². The van der Waals surface area contributed by atoms with Gasteiger partial charge in [0.2, 0.25) is 0 Å². The zero-order valence-electron chi connectivity index (χ0n) is 28.1. The molecule has 14 heteroatoms. The lowest BCUT2D eigenvalue weighted by molar-refractivity contribution is -0.0554. The highest BCUT2D eigenvalue weighted by Gasteiger charge is 2.33. The predicted octanol–water partition coefficient (Wildman–Crippen LogP) is 7.15. The molecule has 2 aliphatic rings. The van der Waals surface area contributed by atoms with E-state index in [-0.39, 0.29) is 47.9 Å². The van der Waals surface area contributed by atoms with Crippen molar-refractivity contribution in [2.45, 2.75) is 31.6 Å². The fourth-order valence-corrected chi connectivity index (χ4v) is 6.29. The van der Waals surface area contributed by atoms with E-state index in [9.17, 15) is 22.8 Å². The van der Waals surface area contributed by atoms with Gasteiger partial charge in [0.25, 0.3) is 17.4 Å². The number of hydrogen-bond donors (Lipinski definition) is 1. The maximum Gasteiger partial charge on any atom is 0.271 e. The molecule has 0 bridgehead atoms. The van der Waals surface area contributed by atoms with Crippen LogP contribution in [0, 0.1) is 11.6 Å². The van der Waals surface area contributed by atoms with Crippen LogP contribution in [0.25, 0.3) is 16.6 Å². The van der Waals surface area contributed by atoms with Crippen LogP contribution in [0.1, 0.15) is 35.2 Å². The van der Waals surface area contributed by atoms with Crippen molar-refractivity contribution in [3.8, 4) is 34.4 Å². The lowest BCUT2D eigenvalue weighted by atomic mass is 10.1. The number of carbonyl (C=O) groups is 1. The van der Waals surface area contributed by atoms with E-state index in [4.69, 9.17) is 18.9 Å². The van der Waals surface area contributed by atoms with Gasteiger partial charge in [0.1, 0.15) is 22.9 Å². The van der Waals surface area contributed by atoms with Crippen molar-refractivity contribution in [2.75, 3.05) is 45.3 Å². The number of alkyl halides is 2. The summed E-state index contributed by atoms with van der Waals surface area (Å²) in [4.78, 5) is 33.3. The summed E-state index contributed by atoms with van der Waals surface area (Å²) in [6.07, 6.45) is 3.90.